The van der Waals surface area contributed by atoms with E-state index in [9.17, 15) is 29.1 Å². The van der Waals surface area contributed by atoms with Gasteiger partial charge in [-0.15, -0.1) is 0 Å². The van der Waals surface area contributed by atoms with E-state index in [2.05, 4.69) is 22.5 Å². The van der Waals surface area contributed by atoms with Crippen molar-refractivity contribution in [3.63, 3.8) is 0 Å². The van der Waals surface area contributed by atoms with E-state index >= 15 is 0 Å². The van der Waals surface area contributed by atoms with Gasteiger partial charge in [-0.2, -0.15) is 0 Å². The van der Waals surface area contributed by atoms with Crippen LogP contribution in [0.15, 0.2) is 107 Å². The first-order valence-corrected chi connectivity index (χ1v) is 20.4. The number of ether oxygens (including phenoxy) is 4. The quantitative estimate of drug-likeness (QED) is 0.153. The zero-order valence-corrected chi connectivity index (χ0v) is 36.4. The lowest BCUT2D eigenvalue weighted by Gasteiger charge is -2.30. The maximum Gasteiger partial charge on any atom is 0.405 e. The number of aliphatic hydroxyl groups is 1. The summed E-state index contributed by atoms with van der Waals surface area (Å²) in [5.74, 6) is -2.62. The highest BCUT2D eigenvalue weighted by Crippen LogP contribution is 2.29. The van der Waals surface area contributed by atoms with Crippen molar-refractivity contribution < 1.29 is 48.0 Å². The van der Waals surface area contributed by atoms with Gasteiger partial charge in [-0.3, -0.25) is 24.1 Å². The molecule has 2 aliphatic rings. The topological polar surface area (TPSA) is 196 Å². The van der Waals surface area contributed by atoms with Crippen molar-refractivity contribution in [1.82, 2.24) is 15.5 Å². The number of carbonyl (C=O) groups is 5. The normalized spacial score (nSPS) is 25.4. The molecule has 0 fully saturated rings. The second-order valence-electron chi connectivity index (χ2n) is 15.6. The third kappa shape index (κ3) is 13.4. The minimum atomic E-state index is -1.05. The molecule has 2 aromatic rings. The Bertz CT molecular complexity index is 2050. The molecular weight excluding hydrogens is 781 g/mol. The number of nitrogens with zero attached hydrogens (tertiary/aromatic N) is 1. The average Bonchev–Trinajstić information content (AvgIpc) is 3.23. The SMILES string of the molecule is CCCN(Cc1ccc(OC)cc1)Cc1ccc(C(=O)NC2=C3C[C@@H](C)C[C@@H](OC)[C@@H](O)[C@@H](C)/C=C(/C)[C@@H](OC(N)=O)[C@H](OC)/C=C\C=C(\C)C(=O)NC(=CC2=O)C3=O)cc1. The van der Waals surface area contributed by atoms with E-state index in [0.717, 1.165) is 42.5 Å². The smallest absolute Gasteiger partial charge is 0.405 e. The number of rotatable bonds is 12. The molecule has 2 bridgehead atoms. The van der Waals surface area contributed by atoms with Gasteiger partial charge in [0.05, 0.1) is 30.7 Å². The Morgan fingerprint density at radius 1 is 0.951 bits per heavy atom. The summed E-state index contributed by atoms with van der Waals surface area (Å²) in [5.41, 5.74) is 8.14. The molecule has 1 aliphatic carbocycles. The average molecular weight is 841 g/mol. The number of benzene rings is 2. The highest BCUT2D eigenvalue weighted by atomic mass is 16.6. The van der Waals surface area contributed by atoms with E-state index in [1.807, 2.05) is 43.3 Å². The predicted molar refractivity (Wildman–Crippen MR) is 231 cm³/mol. The third-order valence-electron chi connectivity index (χ3n) is 10.8. The number of allylic oxidation sites excluding steroid dienone is 4. The van der Waals surface area contributed by atoms with Crippen molar-refractivity contribution in [1.29, 1.82) is 0 Å². The molecule has 1 heterocycles. The highest BCUT2D eigenvalue weighted by Gasteiger charge is 2.34. The van der Waals surface area contributed by atoms with Gasteiger partial charge in [0, 0.05) is 56.0 Å². The number of Topliss-reactive ketones (excluding diaryl/α,β-unsaturated/α-hetero) is 1. The van der Waals surface area contributed by atoms with Crippen LogP contribution in [0.5, 0.6) is 5.75 Å². The molecule has 14 heteroatoms. The summed E-state index contributed by atoms with van der Waals surface area (Å²) in [6, 6.07) is 15.0. The van der Waals surface area contributed by atoms with Crippen LogP contribution in [-0.4, -0.2) is 91.8 Å². The Kier molecular flexibility index (Phi) is 17.9. The van der Waals surface area contributed by atoms with E-state index < -0.39 is 59.8 Å². The van der Waals surface area contributed by atoms with Crippen LogP contribution in [0.4, 0.5) is 4.79 Å². The lowest BCUT2D eigenvalue weighted by Crippen LogP contribution is -2.38. The fraction of sp³-hybridized carbons (Fsp3) is 0.426. The second kappa shape index (κ2) is 22.8. The summed E-state index contributed by atoms with van der Waals surface area (Å²) in [6.45, 7) is 11.2. The van der Waals surface area contributed by atoms with Crippen LogP contribution in [0.3, 0.4) is 0 Å². The van der Waals surface area contributed by atoms with Gasteiger partial charge in [0.2, 0.25) is 11.6 Å². The molecule has 0 saturated heterocycles. The minimum Gasteiger partial charge on any atom is -0.497 e. The number of hydrogen-bond donors (Lipinski definition) is 4. The van der Waals surface area contributed by atoms with Gasteiger partial charge in [-0.1, -0.05) is 69.3 Å². The molecule has 61 heavy (non-hydrogen) atoms. The number of ketones is 2. The molecule has 4 rings (SSSR count). The lowest BCUT2D eigenvalue weighted by molar-refractivity contribution is -0.120. The van der Waals surface area contributed by atoms with Crippen molar-refractivity contribution in [3.05, 3.63) is 124 Å². The maximum atomic E-state index is 14.2. The number of nitrogens with two attached hydrogens (primary N) is 1. The standard InChI is InChI=1S/C47H60N4O10/c1-9-21-51(27-33-15-19-35(58-6)20-16-33)26-32-13-17-34(18-14-32)46(56)50-41-36-22-28(2)23-40(60-8)42(53)30(4)24-31(5)44(61-47(48)57)39(59-7)12-10-11-29(3)45(55)49-37(43(36)54)25-38(41)52/h10-20,24-25,28,30,39-40,42,44,53H,9,21-23,26-27H2,1-8H3,(H2,48,57)(H,49,55)(H,50,56)/b12-10-,29-11-,31-24-/t28-,30+,39-,40-,42+,44-/m1/s1. The van der Waals surface area contributed by atoms with Gasteiger partial charge < -0.3 is 40.4 Å². The summed E-state index contributed by atoms with van der Waals surface area (Å²) in [4.78, 5) is 69.3. The Balaban J connectivity index is 1.63. The Labute approximate surface area is 358 Å². The fourth-order valence-corrected chi connectivity index (χ4v) is 7.45. The van der Waals surface area contributed by atoms with Crippen LogP contribution >= 0.6 is 0 Å². The lowest BCUT2D eigenvalue weighted by atomic mass is 9.85. The van der Waals surface area contributed by atoms with Gasteiger partial charge >= 0.3 is 6.09 Å². The fourth-order valence-electron chi connectivity index (χ4n) is 7.45. The Hall–Kier alpha value is -5.67. The highest BCUT2D eigenvalue weighted by molar-refractivity contribution is 6.24. The van der Waals surface area contributed by atoms with Crippen molar-refractivity contribution in [3.8, 4) is 5.75 Å². The van der Waals surface area contributed by atoms with E-state index in [-0.39, 0.29) is 46.9 Å². The monoisotopic (exact) mass is 840 g/mol. The molecule has 6 atom stereocenters. The molecule has 1 aliphatic heterocycles. The Morgan fingerprint density at radius 2 is 1.59 bits per heavy atom. The second-order valence-corrected chi connectivity index (χ2v) is 15.6. The van der Waals surface area contributed by atoms with E-state index in [1.165, 1.54) is 33.3 Å². The largest absolute Gasteiger partial charge is 0.497 e. The molecule has 3 amide bonds. The zero-order valence-electron chi connectivity index (χ0n) is 36.4. The zero-order chi connectivity index (χ0) is 44.8. The Morgan fingerprint density at radius 3 is 2.16 bits per heavy atom. The first kappa shape index (κ1) is 48.0. The van der Waals surface area contributed by atoms with Crippen molar-refractivity contribution in [2.75, 3.05) is 27.9 Å². The third-order valence-corrected chi connectivity index (χ3v) is 10.8. The number of methoxy groups -OCH3 is 3. The number of fused-ring (bicyclic) bond motifs is 2. The number of carbonyl (C=O) groups excluding carboxylic acids is 5. The first-order valence-electron chi connectivity index (χ1n) is 20.4. The minimum absolute atomic E-state index is 0.00518. The van der Waals surface area contributed by atoms with Crippen LogP contribution in [0.25, 0.3) is 0 Å². The van der Waals surface area contributed by atoms with Crippen LogP contribution in [0.1, 0.15) is 75.4 Å². The predicted octanol–water partition coefficient (Wildman–Crippen LogP) is 5.61. The molecule has 0 aromatic heterocycles. The van der Waals surface area contributed by atoms with Crippen LogP contribution in [-0.2, 0) is 41.7 Å². The van der Waals surface area contributed by atoms with Crippen LogP contribution < -0.4 is 21.1 Å². The molecule has 328 valence electrons. The first-order chi connectivity index (χ1) is 29.1. The van der Waals surface area contributed by atoms with Crippen LogP contribution in [0, 0.1) is 11.8 Å². The summed E-state index contributed by atoms with van der Waals surface area (Å²) >= 11 is 0. The molecular formula is C47H60N4O10. The molecule has 5 N–H and O–H groups in total. The molecule has 0 radical (unpaired) electrons. The molecule has 0 spiro atoms. The summed E-state index contributed by atoms with van der Waals surface area (Å²) < 4.78 is 22.0. The number of aliphatic hydroxyl groups excluding tert-OH is 1. The van der Waals surface area contributed by atoms with Crippen molar-refractivity contribution >= 4 is 29.5 Å². The number of amides is 3. The number of primary amides is 1. The summed E-state index contributed by atoms with van der Waals surface area (Å²) in [6.07, 6.45) is 3.93. The van der Waals surface area contributed by atoms with E-state index in [4.69, 9.17) is 24.7 Å². The molecule has 14 nitrogen and oxygen atoms in total. The van der Waals surface area contributed by atoms with Gasteiger partial charge in [0.1, 0.15) is 11.9 Å². The van der Waals surface area contributed by atoms with Gasteiger partial charge in [-0.25, -0.2) is 4.79 Å². The molecule has 0 unspecified atom stereocenters. The van der Waals surface area contributed by atoms with E-state index in [0.29, 0.717) is 12.1 Å². The van der Waals surface area contributed by atoms with Gasteiger partial charge in [-0.05, 0) is 86.5 Å². The molecule has 0 saturated carbocycles. The van der Waals surface area contributed by atoms with Crippen LogP contribution in [0.2, 0.25) is 0 Å². The van der Waals surface area contributed by atoms with E-state index in [1.54, 1.807) is 45.2 Å². The van der Waals surface area contributed by atoms with Gasteiger partial charge in [0.15, 0.2) is 6.10 Å². The maximum absolute atomic E-state index is 14.2. The van der Waals surface area contributed by atoms with Crippen molar-refractivity contribution in [2.24, 2.45) is 17.6 Å². The summed E-state index contributed by atoms with van der Waals surface area (Å²) in [7, 11) is 4.52. The summed E-state index contributed by atoms with van der Waals surface area (Å²) in [5, 5.41) is 16.8. The molecule has 2 aromatic carbocycles. The van der Waals surface area contributed by atoms with Gasteiger partial charge in [0.25, 0.3) is 11.8 Å². The van der Waals surface area contributed by atoms with Crippen molar-refractivity contribution in [2.45, 2.75) is 91.4 Å². The number of hydrogen-bond acceptors (Lipinski definition) is 11. The number of nitrogens with one attached hydrogen (secondary N) is 2.